The molecule has 0 fully saturated rings. The molecule has 0 unspecified atom stereocenters. The molecular formula is C14H24Si2. The first-order valence-corrected chi connectivity index (χ1v) is 12.6. The molecule has 16 heavy (non-hydrogen) atoms. The van der Waals surface area contributed by atoms with Crippen LogP contribution in [0, 0.1) is 0 Å². The zero-order valence-corrected chi connectivity index (χ0v) is 13.5. The van der Waals surface area contributed by atoms with Gasteiger partial charge in [-0.15, -0.1) is 0 Å². The largest absolute Gasteiger partial charge is 0.0849 e. The van der Waals surface area contributed by atoms with Gasteiger partial charge in [-0.1, -0.05) is 75.4 Å². The summed E-state index contributed by atoms with van der Waals surface area (Å²) in [5.74, 6) is 0. The highest BCUT2D eigenvalue weighted by atomic mass is 29.3. The van der Waals surface area contributed by atoms with Crippen molar-refractivity contribution in [3.63, 3.8) is 0 Å². The van der Waals surface area contributed by atoms with E-state index in [0.717, 1.165) is 11.1 Å². The van der Waals surface area contributed by atoms with E-state index in [1.54, 1.807) is 10.4 Å². The van der Waals surface area contributed by atoms with Gasteiger partial charge in [-0.2, -0.15) is 0 Å². The topological polar surface area (TPSA) is 0 Å². The minimum absolute atomic E-state index is 0.890. The van der Waals surface area contributed by atoms with Crippen LogP contribution in [0.2, 0.25) is 24.2 Å². The molecule has 0 spiro atoms. The van der Waals surface area contributed by atoms with Gasteiger partial charge in [0.15, 0.2) is 0 Å². The summed E-state index contributed by atoms with van der Waals surface area (Å²) in [6.45, 7) is 15.1. The maximum Gasteiger partial charge on any atom is 0.0849 e. The molecule has 1 aliphatic heterocycles. The standard InChI is InChI=1S/C14H24Si2/c1-11(2)15(5)13-9-7-8-10-14(13)16(15,6)12(3)4/h7-12H,1-6H3/t15-,16-/m0/s1. The average molecular weight is 249 g/mol. The maximum atomic E-state index is 2.65. The molecule has 1 aromatic carbocycles. The van der Waals surface area contributed by atoms with E-state index < -0.39 is 15.2 Å². The van der Waals surface area contributed by atoms with Crippen LogP contribution in [0.5, 0.6) is 0 Å². The first kappa shape index (κ1) is 12.1. The van der Waals surface area contributed by atoms with Gasteiger partial charge in [-0.3, -0.25) is 0 Å². The molecule has 1 aliphatic rings. The number of hydrogen-bond acceptors (Lipinski definition) is 0. The summed E-state index contributed by atoms with van der Waals surface area (Å²) in [5.41, 5.74) is 1.78. The van der Waals surface area contributed by atoms with Gasteiger partial charge in [-0.25, -0.2) is 0 Å². The second kappa shape index (κ2) is 3.57. The highest BCUT2D eigenvalue weighted by molar-refractivity contribution is 7.58. The van der Waals surface area contributed by atoms with Crippen molar-refractivity contribution in [2.24, 2.45) is 0 Å². The van der Waals surface area contributed by atoms with Gasteiger partial charge in [0.05, 0.1) is 15.2 Å². The van der Waals surface area contributed by atoms with Crippen molar-refractivity contribution in [2.75, 3.05) is 0 Å². The number of benzene rings is 1. The lowest BCUT2D eigenvalue weighted by Gasteiger charge is -2.59. The fourth-order valence-corrected chi connectivity index (χ4v) is 23.2. The van der Waals surface area contributed by atoms with Gasteiger partial charge in [0, 0.05) is 0 Å². The van der Waals surface area contributed by atoms with Crippen LogP contribution in [0.4, 0.5) is 0 Å². The monoisotopic (exact) mass is 248 g/mol. The predicted molar refractivity (Wildman–Crippen MR) is 79.1 cm³/mol. The highest BCUT2D eigenvalue weighted by Crippen LogP contribution is 2.42. The van der Waals surface area contributed by atoms with Crippen molar-refractivity contribution in [1.29, 1.82) is 0 Å². The quantitative estimate of drug-likeness (QED) is 0.705. The molecule has 1 aromatic rings. The third-order valence-electron chi connectivity index (χ3n) is 5.43. The van der Waals surface area contributed by atoms with Gasteiger partial charge >= 0.3 is 0 Å². The van der Waals surface area contributed by atoms with Gasteiger partial charge < -0.3 is 0 Å². The van der Waals surface area contributed by atoms with Crippen LogP contribution in [0.15, 0.2) is 24.3 Å². The molecule has 0 aliphatic carbocycles. The van der Waals surface area contributed by atoms with E-state index in [1.807, 2.05) is 0 Å². The van der Waals surface area contributed by atoms with Gasteiger partial charge in [-0.05, 0) is 11.1 Å². The third-order valence-corrected chi connectivity index (χ3v) is 27.1. The minimum Gasteiger partial charge on any atom is -0.0667 e. The Balaban J connectivity index is 2.64. The lowest BCUT2D eigenvalue weighted by atomic mass is 10.4. The Hall–Kier alpha value is -0.346. The maximum absolute atomic E-state index is 2.65. The second-order valence-electron chi connectivity index (χ2n) is 6.26. The summed E-state index contributed by atoms with van der Waals surface area (Å²) in [4.78, 5) is 0. The van der Waals surface area contributed by atoms with Crippen molar-refractivity contribution < 1.29 is 0 Å². The summed E-state index contributed by atoms with van der Waals surface area (Å²) in [5, 5.41) is 3.54. The van der Waals surface area contributed by atoms with Crippen LogP contribution >= 0.6 is 0 Å². The van der Waals surface area contributed by atoms with E-state index in [1.165, 1.54) is 0 Å². The number of rotatable bonds is 2. The summed E-state index contributed by atoms with van der Waals surface area (Å²) < 4.78 is 0. The molecule has 2 heteroatoms. The predicted octanol–water partition coefficient (Wildman–Crippen LogP) is 3.17. The molecule has 0 N–H and O–H groups in total. The fourth-order valence-electron chi connectivity index (χ4n) is 3.71. The van der Waals surface area contributed by atoms with E-state index in [-0.39, 0.29) is 0 Å². The molecule has 1 heterocycles. The molecule has 0 saturated heterocycles. The van der Waals surface area contributed by atoms with Crippen molar-refractivity contribution in [2.45, 2.75) is 51.9 Å². The number of fused-ring (bicyclic) bond motifs is 1. The van der Waals surface area contributed by atoms with Gasteiger partial charge in [0.2, 0.25) is 0 Å². The van der Waals surface area contributed by atoms with Crippen molar-refractivity contribution in [3.8, 4) is 0 Å². The highest BCUT2D eigenvalue weighted by Gasteiger charge is 2.62. The van der Waals surface area contributed by atoms with Crippen LogP contribution in [0.25, 0.3) is 0 Å². The molecule has 2 rings (SSSR count). The van der Waals surface area contributed by atoms with Crippen molar-refractivity contribution in [1.82, 2.24) is 0 Å². The normalized spacial score (nSPS) is 32.8. The molecular weight excluding hydrogens is 224 g/mol. The van der Waals surface area contributed by atoms with Gasteiger partial charge in [0.25, 0.3) is 0 Å². The Kier molecular flexibility index (Phi) is 2.71. The van der Waals surface area contributed by atoms with Gasteiger partial charge in [0.1, 0.15) is 0 Å². The molecule has 0 saturated carbocycles. The smallest absolute Gasteiger partial charge is 0.0667 e. The molecule has 88 valence electrons. The van der Waals surface area contributed by atoms with Crippen LogP contribution in [0.1, 0.15) is 27.7 Å². The third kappa shape index (κ3) is 1.15. The Morgan fingerprint density at radius 2 is 1.06 bits per heavy atom. The van der Waals surface area contributed by atoms with Crippen LogP contribution in [0.3, 0.4) is 0 Å². The summed E-state index contributed by atoms with van der Waals surface area (Å²) in [7, 11) is -2.35. The van der Waals surface area contributed by atoms with E-state index in [4.69, 9.17) is 0 Å². The summed E-state index contributed by atoms with van der Waals surface area (Å²) in [6.07, 6.45) is 0. The Morgan fingerprint density at radius 3 is 1.31 bits per heavy atom. The molecule has 0 amide bonds. The average Bonchev–Trinajstić information content (AvgIpc) is 2.26. The molecule has 0 aromatic heterocycles. The first-order valence-electron chi connectivity index (χ1n) is 6.46. The van der Waals surface area contributed by atoms with Crippen LogP contribution < -0.4 is 10.4 Å². The van der Waals surface area contributed by atoms with E-state index in [0.29, 0.717) is 0 Å². The van der Waals surface area contributed by atoms with E-state index >= 15 is 0 Å². The van der Waals surface area contributed by atoms with E-state index in [2.05, 4.69) is 65.1 Å². The summed E-state index contributed by atoms with van der Waals surface area (Å²) >= 11 is 0. The van der Waals surface area contributed by atoms with Crippen LogP contribution in [-0.2, 0) is 0 Å². The Labute approximate surface area is 102 Å². The fraction of sp³-hybridized carbons (Fsp3) is 0.571. The Bertz CT molecular complexity index is 372. The van der Waals surface area contributed by atoms with Crippen molar-refractivity contribution in [3.05, 3.63) is 24.3 Å². The lowest BCUT2D eigenvalue weighted by Crippen LogP contribution is -2.89. The molecule has 0 bridgehead atoms. The van der Waals surface area contributed by atoms with Crippen molar-refractivity contribution >= 4 is 25.6 Å². The first-order chi connectivity index (χ1) is 7.36. The Morgan fingerprint density at radius 1 is 0.750 bits per heavy atom. The SMILES string of the molecule is CC(C)[Si@@]1(C)c2ccccc2[Si@]1(C)C(C)C. The summed E-state index contributed by atoms with van der Waals surface area (Å²) in [6, 6.07) is 9.30. The zero-order chi connectivity index (χ0) is 12.1. The second-order valence-corrected chi connectivity index (χ2v) is 20.7. The van der Waals surface area contributed by atoms with E-state index in [9.17, 15) is 0 Å². The molecule has 0 nitrogen and oxygen atoms in total. The number of hydrogen-bond donors (Lipinski definition) is 0. The molecule has 0 radical (unpaired) electrons. The molecule has 2 atom stereocenters. The lowest BCUT2D eigenvalue weighted by molar-refractivity contribution is 0.992. The minimum atomic E-state index is -1.17. The van der Waals surface area contributed by atoms with Crippen LogP contribution in [-0.4, -0.2) is 15.2 Å². The zero-order valence-electron chi connectivity index (χ0n) is 11.5.